The summed E-state index contributed by atoms with van der Waals surface area (Å²) in [7, 11) is 0. The SMILES string of the molecule is Cc1cc(C)cc(-c2nnc(-c3ccc(-c4ccc(-c5nc6ccccc6nc5-c5ccccc5)cc4)cc3)o2)c1. The third-order valence-electron chi connectivity index (χ3n) is 7.13. The van der Waals surface area contributed by atoms with Gasteiger partial charge in [0.05, 0.1) is 22.4 Å². The van der Waals surface area contributed by atoms with Crippen molar-refractivity contribution in [2.24, 2.45) is 0 Å². The maximum absolute atomic E-state index is 6.02. The molecule has 5 nitrogen and oxygen atoms in total. The van der Waals surface area contributed by atoms with Gasteiger partial charge in [-0.2, -0.15) is 0 Å². The molecule has 5 heteroatoms. The predicted octanol–water partition coefficient (Wildman–Crippen LogP) is 8.96. The number of hydrogen-bond acceptors (Lipinski definition) is 5. The van der Waals surface area contributed by atoms with Crippen LogP contribution in [0.15, 0.2) is 126 Å². The summed E-state index contributed by atoms with van der Waals surface area (Å²) in [5, 5.41) is 8.58. The highest BCUT2D eigenvalue weighted by Crippen LogP contribution is 2.33. The van der Waals surface area contributed by atoms with Gasteiger partial charge in [-0.3, -0.25) is 0 Å². The first-order valence-electron chi connectivity index (χ1n) is 13.6. The van der Waals surface area contributed by atoms with Crippen LogP contribution in [-0.4, -0.2) is 20.2 Å². The molecule has 0 fully saturated rings. The molecule has 0 N–H and O–H groups in total. The topological polar surface area (TPSA) is 64.7 Å². The van der Waals surface area contributed by atoms with Crippen LogP contribution in [0.3, 0.4) is 0 Å². The van der Waals surface area contributed by atoms with Crippen molar-refractivity contribution in [1.29, 1.82) is 0 Å². The lowest BCUT2D eigenvalue weighted by Crippen LogP contribution is -1.95. The fourth-order valence-electron chi connectivity index (χ4n) is 5.18. The van der Waals surface area contributed by atoms with Crippen molar-refractivity contribution in [3.05, 3.63) is 132 Å². The summed E-state index contributed by atoms with van der Waals surface area (Å²) in [4.78, 5) is 10.0. The molecule has 0 aliphatic heterocycles. The van der Waals surface area contributed by atoms with Crippen LogP contribution >= 0.6 is 0 Å². The molecule has 41 heavy (non-hydrogen) atoms. The Hall–Kier alpha value is -5.42. The largest absolute Gasteiger partial charge is 0.416 e. The number of hydrogen-bond donors (Lipinski definition) is 0. The zero-order valence-electron chi connectivity index (χ0n) is 22.7. The molecule has 0 saturated heterocycles. The average Bonchev–Trinajstić information content (AvgIpc) is 3.51. The Kier molecular flexibility index (Phi) is 6.17. The molecule has 2 aromatic heterocycles. The number of nitrogens with zero attached hydrogens (tertiary/aromatic N) is 4. The summed E-state index contributed by atoms with van der Waals surface area (Å²) < 4.78 is 6.02. The van der Waals surface area contributed by atoms with Gasteiger partial charge in [0.2, 0.25) is 11.8 Å². The van der Waals surface area contributed by atoms with Gasteiger partial charge < -0.3 is 4.42 Å². The summed E-state index contributed by atoms with van der Waals surface area (Å²) in [6.45, 7) is 4.13. The monoisotopic (exact) mass is 530 g/mol. The molecule has 0 radical (unpaired) electrons. The third-order valence-corrected chi connectivity index (χ3v) is 7.13. The standard InChI is InChI=1S/C36H26N4O/c1-23-20-24(2)22-30(21-23)36-40-39-35(41-36)29-18-14-26(15-19-29)25-12-16-28(17-13-25)34-33(27-8-4-3-5-9-27)37-31-10-6-7-11-32(31)38-34/h3-22H,1-2H3. The van der Waals surface area contributed by atoms with E-state index in [1.807, 2.05) is 54.6 Å². The Morgan fingerprint density at radius 1 is 0.415 bits per heavy atom. The normalized spacial score (nSPS) is 11.2. The van der Waals surface area contributed by atoms with Crippen molar-refractivity contribution in [2.45, 2.75) is 13.8 Å². The van der Waals surface area contributed by atoms with Crippen molar-refractivity contribution in [2.75, 3.05) is 0 Å². The van der Waals surface area contributed by atoms with Crippen LogP contribution in [0.25, 0.3) is 67.6 Å². The van der Waals surface area contributed by atoms with Crippen LogP contribution in [0.2, 0.25) is 0 Å². The number of aryl methyl sites for hydroxylation is 2. The highest BCUT2D eigenvalue weighted by atomic mass is 16.4. The van der Waals surface area contributed by atoms with Crippen LogP contribution in [0, 0.1) is 13.8 Å². The van der Waals surface area contributed by atoms with Crippen molar-refractivity contribution >= 4 is 11.0 Å². The fourth-order valence-corrected chi connectivity index (χ4v) is 5.18. The van der Waals surface area contributed by atoms with E-state index in [9.17, 15) is 0 Å². The number of rotatable bonds is 5. The molecule has 0 atom stereocenters. The van der Waals surface area contributed by atoms with Crippen LogP contribution < -0.4 is 0 Å². The molecule has 0 unspecified atom stereocenters. The van der Waals surface area contributed by atoms with E-state index in [1.165, 1.54) is 11.1 Å². The van der Waals surface area contributed by atoms with Gasteiger partial charge in [0.15, 0.2) is 0 Å². The molecule has 7 aromatic rings. The highest BCUT2D eigenvalue weighted by molar-refractivity contribution is 5.86. The number of benzene rings is 5. The Balaban J connectivity index is 1.18. The average molecular weight is 531 g/mol. The van der Waals surface area contributed by atoms with Gasteiger partial charge in [-0.1, -0.05) is 96.1 Å². The van der Waals surface area contributed by atoms with E-state index >= 15 is 0 Å². The van der Waals surface area contributed by atoms with Gasteiger partial charge in [-0.25, -0.2) is 9.97 Å². The Bertz CT molecular complexity index is 1970. The van der Waals surface area contributed by atoms with E-state index < -0.39 is 0 Å². The van der Waals surface area contributed by atoms with E-state index in [0.29, 0.717) is 11.8 Å². The van der Waals surface area contributed by atoms with Gasteiger partial charge in [0, 0.05) is 22.3 Å². The van der Waals surface area contributed by atoms with Gasteiger partial charge in [0.25, 0.3) is 0 Å². The van der Waals surface area contributed by atoms with Crippen LogP contribution in [-0.2, 0) is 0 Å². The third kappa shape index (κ3) is 4.90. The second-order valence-electron chi connectivity index (χ2n) is 10.2. The van der Waals surface area contributed by atoms with Crippen molar-refractivity contribution in [3.63, 3.8) is 0 Å². The molecule has 196 valence electrons. The molecule has 5 aromatic carbocycles. The first-order chi connectivity index (χ1) is 20.1. The second kappa shape index (κ2) is 10.3. The van der Waals surface area contributed by atoms with Crippen molar-refractivity contribution in [1.82, 2.24) is 20.2 Å². The van der Waals surface area contributed by atoms with E-state index in [2.05, 4.69) is 90.8 Å². The molecular formula is C36H26N4O. The minimum absolute atomic E-state index is 0.504. The molecule has 7 rings (SSSR count). The zero-order chi connectivity index (χ0) is 27.8. The van der Waals surface area contributed by atoms with E-state index in [4.69, 9.17) is 14.4 Å². The molecule has 0 amide bonds. The summed E-state index contributed by atoms with van der Waals surface area (Å²) in [6.07, 6.45) is 0. The quantitative estimate of drug-likeness (QED) is 0.222. The van der Waals surface area contributed by atoms with Crippen molar-refractivity contribution in [3.8, 4) is 56.6 Å². The number of para-hydroxylation sites is 2. The lowest BCUT2D eigenvalue weighted by Gasteiger charge is -2.11. The first kappa shape index (κ1) is 24.6. The summed E-state index contributed by atoms with van der Waals surface area (Å²) in [5.74, 6) is 1.03. The Labute approximate surface area is 238 Å². The molecule has 2 heterocycles. The van der Waals surface area contributed by atoms with Gasteiger partial charge in [-0.05, 0) is 61.4 Å². The van der Waals surface area contributed by atoms with Crippen LogP contribution in [0.5, 0.6) is 0 Å². The first-order valence-corrected chi connectivity index (χ1v) is 13.6. The summed E-state index contributed by atoms with van der Waals surface area (Å²) in [5.41, 5.74) is 11.9. The molecule has 0 bridgehead atoms. The van der Waals surface area contributed by atoms with Gasteiger partial charge >= 0.3 is 0 Å². The lowest BCUT2D eigenvalue weighted by molar-refractivity contribution is 0.584. The van der Waals surface area contributed by atoms with E-state index in [0.717, 1.165) is 55.8 Å². The minimum Gasteiger partial charge on any atom is -0.416 e. The molecule has 0 aliphatic carbocycles. The Morgan fingerprint density at radius 2 is 0.854 bits per heavy atom. The lowest BCUT2D eigenvalue weighted by atomic mass is 9.99. The fraction of sp³-hybridized carbons (Fsp3) is 0.0556. The maximum atomic E-state index is 6.02. The van der Waals surface area contributed by atoms with Gasteiger partial charge in [0.1, 0.15) is 0 Å². The molecule has 0 aliphatic rings. The van der Waals surface area contributed by atoms with Crippen LogP contribution in [0.4, 0.5) is 0 Å². The summed E-state index contributed by atoms with van der Waals surface area (Å²) >= 11 is 0. The predicted molar refractivity (Wildman–Crippen MR) is 164 cm³/mol. The minimum atomic E-state index is 0.504. The zero-order valence-corrected chi connectivity index (χ0v) is 22.7. The molecule has 0 spiro atoms. The van der Waals surface area contributed by atoms with Crippen LogP contribution in [0.1, 0.15) is 11.1 Å². The second-order valence-corrected chi connectivity index (χ2v) is 10.2. The maximum Gasteiger partial charge on any atom is 0.248 e. The number of fused-ring (bicyclic) bond motifs is 1. The smallest absolute Gasteiger partial charge is 0.248 e. The molecule has 0 saturated carbocycles. The van der Waals surface area contributed by atoms with E-state index in [1.54, 1.807) is 0 Å². The number of aromatic nitrogens is 4. The Morgan fingerprint density at radius 3 is 1.41 bits per heavy atom. The van der Waals surface area contributed by atoms with E-state index in [-0.39, 0.29) is 0 Å². The summed E-state index contributed by atoms with van der Waals surface area (Å²) in [6, 6.07) is 41.1. The van der Waals surface area contributed by atoms with Crippen molar-refractivity contribution < 1.29 is 4.42 Å². The van der Waals surface area contributed by atoms with Gasteiger partial charge in [-0.15, -0.1) is 10.2 Å². The molecular weight excluding hydrogens is 504 g/mol. The highest BCUT2D eigenvalue weighted by Gasteiger charge is 2.14.